The molecule has 0 unspecified atom stereocenters. The summed E-state index contributed by atoms with van der Waals surface area (Å²) >= 11 is 0. The monoisotopic (exact) mass is 218 g/mol. The minimum Gasteiger partial charge on any atom is -0.313 e. The average molecular weight is 218 g/mol. The van der Waals surface area contributed by atoms with Crippen molar-refractivity contribution in [2.75, 3.05) is 20.1 Å². The predicted octanol–water partition coefficient (Wildman–Crippen LogP) is 2.18. The number of nitrogens with zero attached hydrogens (tertiary/aromatic N) is 1. The van der Waals surface area contributed by atoms with Gasteiger partial charge in [-0.1, -0.05) is 29.8 Å². The average Bonchev–Trinajstić information content (AvgIpc) is 2.74. The lowest BCUT2D eigenvalue weighted by Crippen LogP contribution is -2.34. The van der Waals surface area contributed by atoms with Crippen molar-refractivity contribution < 1.29 is 0 Å². The van der Waals surface area contributed by atoms with Crippen LogP contribution in [0.4, 0.5) is 0 Å². The maximum absolute atomic E-state index is 3.54. The van der Waals surface area contributed by atoms with Crippen LogP contribution in [0.2, 0.25) is 0 Å². The van der Waals surface area contributed by atoms with Crippen LogP contribution in [0.1, 0.15) is 24.0 Å². The highest BCUT2D eigenvalue weighted by atomic mass is 15.1. The fraction of sp³-hybridized carbons (Fsp3) is 0.571. The molecular weight excluding hydrogens is 196 g/mol. The zero-order chi connectivity index (χ0) is 11.4. The number of hydrogen-bond acceptors (Lipinski definition) is 2. The summed E-state index contributed by atoms with van der Waals surface area (Å²) in [6.45, 7) is 5.55. The molecule has 1 aliphatic heterocycles. The van der Waals surface area contributed by atoms with Crippen molar-refractivity contribution in [1.82, 2.24) is 10.2 Å². The van der Waals surface area contributed by atoms with E-state index in [-0.39, 0.29) is 0 Å². The molecule has 0 bridgehead atoms. The molecule has 2 rings (SSSR count). The van der Waals surface area contributed by atoms with Gasteiger partial charge in [0.05, 0.1) is 0 Å². The second-order valence-corrected chi connectivity index (χ2v) is 4.98. The zero-order valence-corrected chi connectivity index (χ0v) is 10.4. The van der Waals surface area contributed by atoms with E-state index in [2.05, 4.69) is 48.5 Å². The highest BCUT2D eigenvalue weighted by molar-refractivity contribution is 5.21. The van der Waals surface area contributed by atoms with Crippen LogP contribution < -0.4 is 5.32 Å². The van der Waals surface area contributed by atoms with Crippen LogP contribution in [0.3, 0.4) is 0 Å². The summed E-state index contributed by atoms with van der Waals surface area (Å²) in [7, 11) is 2.21. The number of benzene rings is 1. The first kappa shape index (κ1) is 11.6. The second kappa shape index (κ2) is 5.46. The van der Waals surface area contributed by atoms with E-state index in [0.717, 1.165) is 13.1 Å². The van der Waals surface area contributed by atoms with Gasteiger partial charge in [0.15, 0.2) is 0 Å². The van der Waals surface area contributed by atoms with Crippen molar-refractivity contribution in [3.8, 4) is 0 Å². The lowest BCUT2D eigenvalue weighted by atomic mass is 10.1. The maximum Gasteiger partial charge on any atom is 0.0231 e. The third-order valence-corrected chi connectivity index (χ3v) is 3.27. The van der Waals surface area contributed by atoms with Crippen LogP contribution in [-0.2, 0) is 6.54 Å². The molecule has 1 aromatic rings. The standard InChI is InChI=1S/C14H22N2/c1-12-5-7-13(8-6-12)10-16(2)11-14-4-3-9-15-14/h5-8,14-15H,3-4,9-11H2,1-2H3/t14-/m1/s1. The highest BCUT2D eigenvalue weighted by Gasteiger charge is 2.15. The fourth-order valence-corrected chi connectivity index (χ4v) is 2.36. The normalized spacial score (nSPS) is 20.6. The summed E-state index contributed by atoms with van der Waals surface area (Å²) < 4.78 is 0. The molecule has 1 fully saturated rings. The van der Waals surface area contributed by atoms with Crippen molar-refractivity contribution in [3.63, 3.8) is 0 Å². The summed E-state index contributed by atoms with van der Waals surface area (Å²) in [6, 6.07) is 9.55. The smallest absolute Gasteiger partial charge is 0.0231 e. The molecule has 88 valence electrons. The Labute approximate surface area is 98.7 Å². The SMILES string of the molecule is Cc1ccc(CN(C)C[C@H]2CCCN2)cc1. The predicted molar refractivity (Wildman–Crippen MR) is 68.5 cm³/mol. The van der Waals surface area contributed by atoms with E-state index in [1.807, 2.05) is 0 Å². The maximum atomic E-state index is 3.54. The lowest BCUT2D eigenvalue weighted by Gasteiger charge is -2.21. The molecule has 1 atom stereocenters. The number of likely N-dealkylation sites (N-methyl/N-ethyl adjacent to an activating group) is 1. The third kappa shape index (κ3) is 3.32. The Morgan fingerprint density at radius 2 is 2.06 bits per heavy atom. The van der Waals surface area contributed by atoms with Crippen LogP contribution in [0, 0.1) is 6.92 Å². The summed E-state index contributed by atoms with van der Waals surface area (Å²) in [5.74, 6) is 0. The Hall–Kier alpha value is -0.860. The largest absolute Gasteiger partial charge is 0.313 e. The number of rotatable bonds is 4. The number of nitrogens with one attached hydrogen (secondary N) is 1. The molecule has 0 amide bonds. The van der Waals surface area contributed by atoms with Gasteiger partial charge >= 0.3 is 0 Å². The van der Waals surface area contributed by atoms with Crippen LogP contribution in [0.25, 0.3) is 0 Å². The van der Waals surface area contributed by atoms with Gasteiger partial charge in [-0.05, 0) is 38.9 Å². The molecule has 0 saturated carbocycles. The summed E-state index contributed by atoms with van der Waals surface area (Å²) in [4.78, 5) is 2.41. The molecule has 1 aliphatic rings. The summed E-state index contributed by atoms with van der Waals surface area (Å²) in [5.41, 5.74) is 2.75. The minimum absolute atomic E-state index is 0.704. The summed E-state index contributed by atoms with van der Waals surface area (Å²) in [5, 5.41) is 3.54. The summed E-state index contributed by atoms with van der Waals surface area (Å²) in [6.07, 6.45) is 2.67. The molecule has 2 heteroatoms. The third-order valence-electron chi connectivity index (χ3n) is 3.27. The van der Waals surface area contributed by atoms with Gasteiger partial charge in [-0.3, -0.25) is 0 Å². The Morgan fingerprint density at radius 1 is 1.31 bits per heavy atom. The molecule has 2 nitrogen and oxygen atoms in total. The molecule has 1 N–H and O–H groups in total. The molecule has 0 aromatic heterocycles. The first-order valence-corrected chi connectivity index (χ1v) is 6.21. The fourth-order valence-electron chi connectivity index (χ4n) is 2.36. The van der Waals surface area contributed by atoms with Gasteiger partial charge in [0.1, 0.15) is 0 Å². The quantitative estimate of drug-likeness (QED) is 0.833. The van der Waals surface area contributed by atoms with Crippen LogP contribution in [0.5, 0.6) is 0 Å². The van der Waals surface area contributed by atoms with Crippen molar-refractivity contribution >= 4 is 0 Å². The van der Waals surface area contributed by atoms with Crippen molar-refractivity contribution in [3.05, 3.63) is 35.4 Å². The Kier molecular flexibility index (Phi) is 3.97. The van der Waals surface area contributed by atoms with Gasteiger partial charge in [-0.2, -0.15) is 0 Å². The topological polar surface area (TPSA) is 15.3 Å². The molecule has 1 heterocycles. The Balaban J connectivity index is 1.81. The Bertz CT molecular complexity index is 312. The Morgan fingerprint density at radius 3 is 2.69 bits per heavy atom. The zero-order valence-electron chi connectivity index (χ0n) is 10.4. The van der Waals surface area contributed by atoms with E-state index >= 15 is 0 Å². The van der Waals surface area contributed by atoms with Gasteiger partial charge in [0, 0.05) is 19.1 Å². The van der Waals surface area contributed by atoms with Crippen LogP contribution in [-0.4, -0.2) is 31.1 Å². The van der Waals surface area contributed by atoms with E-state index < -0.39 is 0 Å². The van der Waals surface area contributed by atoms with Gasteiger partial charge in [0.25, 0.3) is 0 Å². The number of aryl methyl sites for hydroxylation is 1. The van der Waals surface area contributed by atoms with E-state index in [9.17, 15) is 0 Å². The molecule has 1 aromatic carbocycles. The number of hydrogen-bond donors (Lipinski definition) is 1. The van der Waals surface area contributed by atoms with Gasteiger partial charge < -0.3 is 10.2 Å². The van der Waals surface area contributed by atoms with Crippen molar-refractivity contribution in [1.29, 1.82) is 0 Å². The van der Waals surface area contributed by atoms with E-state index in [0.29, 0.717) is 6.04 Å². The lowest BCUT2D eigenvalue weighted by molar-refractivity contribution is 0.293. The van der Waals surface area contributed by atoms with Gasteiger partial charge in [0.2, 0.25) is 0 Å². The van der Waals surface area contributed by atoms with Crippen molar-refractivity contribution in [2.45, 2.75) is 32.4 Å². The molecule has 0 radical (unpaired) electrons. The highest BCUT2D eigenvalue weighted by Crippen LogP contribution is 2.09. The molecule has 0 spiro atoms. The molecule has 16 heavy (non-hydrogen) atoms. The van der Waals surface area contributed by atoms with Crippen molar-refractivity contribution in [2.24, 2.45) is 0 Å². The first-order chi connectivity index (χ1) is 7.74. The van der Waals surface area contributed by atoms with Gasteiger partial charge in [-0.25, -0.2) is 0 Å². The second-order valence-electron chi connectivity index (χ2n) is 4.98. The van der Waals surface area contributed by atoms with Crippen LogP contribution in [0.15, 0.2) is 24.3 Å². The molecular formula is C14H22N2. The van der Waals surface area contributed by atoms with Crippen LogP contribution >= 0.6 is 0 Å². The first-order valence-electron chi connectivity index (χ1n) is 6.21. The molecule has 1 saturated heterocycles. The molecule has 0 aliphatic carbocycles. The minimum atomic E-state index is 0.704. The van der Waals surface area contributed by atoms with E-state index in [4.69, 9.17) is 0 Å². The van der Waals surface area contributed by atoms with E-state index in [1.165, 1.54) is 30.5 Å². The van der Waals surface area contributed by atoms with E-state index in [1.54, 1.807) is 0 Å². The van der Waals surface area contributed by atoms with Gasteiger partial charge in [-0.15, -0.1) is 0 Å².